The minimum absolute atomic E-state index is 0.443. The normalized spacial score (nSPS) is 13.4. The minimum atomic E-state index is -0.456. The molecule has 1 aliphatic rings. The summed E-state index contributed by atoms with van der Waals surface area (Å²) in [5, 5.41) is 0. The summed E-state index contributed by atoms with van der Waals surface area (Å²) in [7, 11) is 0. The van der Waals surface area contributed by atoms with Gasteiger partial charge in [0.1, 0.15) is 0 Å². The minimum Gasteiger partial charge on any atom is -0.397 e. The van der Waals surface area contributed by atoms with Crippen molar-refractivity contribution in [2.24, 2.45) is 5.73 Å². The van der Waals surface area contributed by atoms with Crippen molar-refractivity contribution in [2.45, 2.75) is 13.1 Å². The van der Waals surface area contributed by atoms with Gasteiger partial charge in [-0.1, -0.05) is 24.3 Å². The molecule has 19 heavy (non-hydrogen) atoms. The Balaban J connectivity index is 1.91. The third kappa shape index (κ3) is 2.01. The number of anilines is 2. The van der Waals surface area contributed by atoms with Gasteiger partial charge in [-0.3, -0.25) is 4.79 Å². The summed E-state index contributed by atoms with van der Waals surface area (Å²) >= 11 is 0. The van der Waals surface area contributed by atoms with E-state index in [-0.39, 0.29) is 0 Å². The van der Waals surface area contributed by atoms with Crippen LogP contribution >= 0.6 is 0 Å². The van der Waals surface area contributed by atoms with Gasteiger partial charge in [-0.2, -0.15) is 0 Å². The molecule has 0 aromatic heterocycles. The summed E-state index contributed by atoms with van der Waals surface area (Å²) < 4.78 is 0. The van der Waals surface area contributed by atoms with E-state index in [1.807, 2.05) is 18.2 Å². The van der Waals surface area contributed by atoms with Gasteiger partial charge in [-0.05, 0) is 29.3 Å². The first-order valence-electron chi connectivity index (χ1n) is 6.16. The third-order valence-electron chi connectivity index (χ3n) is 3.49. The standard InChI is InChI=1S/C15H15N3O/c16-13-7-10(15(17)19)5-6-14(13)18-8-11-3-1-2-4-12(11)9-18/h1-7H,8-9,16H2,(H2,17,19). The topological polar surface area (TPSA) is 72.4 Å². The zero-order chi connectivity index (χ0) is 13.4. The molecule has 0 bridgehead atoms. The molecule has 96 valence electrons. The predicted octanol–water partition coefficient (Wildman–Crippen LogP) is 1.89. The number of carbonyl (C=O) groups excluding carboxylic acids is 1. The maximum absolute atomic E-state index is 11.1. The molecule has 4 nitrogen and oxygen atoms in total. The predicted molar refractivity (Wildman–Crippen MR) is 75.7 cm³/mol. The fraction of sp³-hybridized carbons (Fsp3) is 0.133. The van der Waals surface area contributed by atoms with Crippen LogP contribution in [0, 0.1) is 0 Å². The van der Waals surface area contributed by atoms with Crippen LogP contribution in [0.2, 0.25) is 0 Å². The molecule has 2 aromatic carbocycles. The third-order valence-corrected chi connectivity index (χ3v) is 3.49. The Kier molecular flexibility index (Phi) is 2.63. The van der Waals surface area contributed by atoms with Gasteiger partial charge in [-0.25, -0.2) is 0 Å². The molecule has 4 N–H and O–H groups in total. The molecule has 1 aliphatic heterocycles. The Morgan fingerprint density at radius 3 is 2.21 bits per heavy atom. The van der Waals surface area contributed by atoms with E-state index in [9.17, 15) is 4.79 Å². The van der Waals surface area contributed by atoms with Gasteiger partial charge in [0.2, 0.25) is 5.91 Å². The SMILES string of the molecule is NC(=O)c1ccc(N2Cc3ccccc3C2)c(N)c1. The van der Waals surface area contributed by atoms with E-state index in [4.69, 9.17) is 11.5 Å². The van der Waals surface area contributed by atoms with E-state index in [0.717, 1.165) is 18.8 Å². The molecule has 4 heteroatoms. The summed E-state index contributed by atoms with van der Waals surface area (Å²) in [6, 6.07) is 13.6. The monoisotopic (exact) mass is 253 g/mol. The van der Waals surface area contributed by atoms with Gasteiger partial charge in [0.25, 0.3) is 0 Å². The van der Waals surface area contributed by atoms with Crippen LogP contribution in [0.25, 0.3) is 0 Å². The number of fused-ring (bicyclic) bond motifs is 1. The van der Waals surface area contributed by atoms with Crippen LogP contribution in [-0.4, -0.2) is 5.91 Å². The van der Waals surface area contributed by atoms with Crippen LogP contribution in [0.5, 0.6) is 0 Å². The molecule has 0 atom stereocenters. The quantitative estimate of drug-likeness (QED) is 0.803. The summed E-state index contributed by atoms with van der Waals surface area (Å²) in [6.07, 6.45) is 0. The van der Waals surface area contributed by atoms with Crippen molar-refractivity contribution in [2.75, 3.05) is 10.6 Å². The lowest BCUT2D eigenvalue weighted by atomic mass is 10.1. The molecule has 0 unspecified atom stereocenters. The van der Waals surface area contributed by atoms with Crippen molar-refractivity contribution in [3.63, 3.8) is 0 Å². The first kappa shape index (κ1) is 11.6. The van der Waals surface area contributed by atoms with Gasteiger partial charge in [0.15, 0.2) is 0 Å². The maximum atomic E-state index is 11.1. The average Bonchev–Trinajstić information content (AvgIpc) is 2.81. The van der Waals surface area contributed by atoms with Gasteiger partial charge in [0.05, 0.1) is 11.4 Å². The zero-order valence-electron chi connectivity index (χ0n) is 10.5. The van der Waals surface area contributed by atoms with Crippen molar-refractivity contribution in [1.82, 2.24) is 0 Å². The van der Waals surface area contributed by atoms with E-state index in [1.165, 1.54) is 11.1 Å². The van der Waals surface area contributed by atoms with Crippen LogP contribution < -0.4 is 16.4 Å². The van der Waals surface area contributed by atoms with Gasteiger partial charge in [-0.15, -0.1) is 0 Å². The maximum Gasteiger partial charge on any atom is 0.248 e. The fourth-order valence-corrected chi connectivity index (χ4v) is 2.50. The molecule has 0 fully saturated rings. The van der Waals surface area contributed by atoms with Gasteiger partial charge in [0, 0.05) is 18.7 Å². The molecule has 2 aromatic rings. The number of primary amides is 1. The van der Waals surface area contributed by atoms with E-state index in [0.29, 0.717) is 11.3 Å². The molecule has 0 aliphatic carbocycles. The van der Waals surface area contributed by atoms with Gasteiger partial charge < -0.3 is 16.4 Å². The number of hydrogen-bond donors (Lipinski definition) is 2. The molecular formula is C15H15N3O. The highest BCUT2D eigenvalue weighted by molar-refractivity contribution is 5.95. The first-order valence-corrected chi connectivity index (χ1v) is 6.16. The van der Waals surface area contributed by atoms with E-state index < -0.39 is 5.91 Å². The second-order valence-corrected chi connectivity index (χ2v) is 4.76. The molecule has 0 spiro atoms. The molecule has 1 amide bonds. The van der Waals surface area contributed by atoms with E-state index in [2.05, 4.69) is 17.0 Å². The van der Waals surface area contributed by atoms with Crippen LogP contribution in [0.1, 0.15) is 21.5 Å². The largest absolute Gasteiger partial charge is 0.397 e. The Morgan fingerprint density at radius 2 is 1.68 bits per heavy atom. The van der Waals surface area contributed by atoms with Crippen molar-refractivity contribution in [3.05, 3.63) is 59.2 Å². The summed E-state index contributed by atoms with van der Waals surface area (Å²) in [5.41, 5.74) is 15.9. The van der Waals surface area contributed by atoms with E-state index >= 15 is 0 Å². The molecule has 3 rings (SSSR count). The van der Waals surface area contributed by atoms with Crippen molar-refractivity contribution in [1.29, 1.82) is 0 Å². The van der Waals surface area contributed by atoms with Crippen LogP contribution in [0.4, 0.5) is 11.4 Å². The number of rotatable bonds is 2. The number of nitrogen functional groups attached to an aromatic ring is 1. The Bertz CT molecular complexity index is 627. The first-order chi connectivity index (χ1) is 9.15. The molecule has 1 heterocycles. The summed E-state index contributed by atoms with van der Waals surface area (Å²) in [6.45, 7) is 1.69. The fourth-order valence-electron chi connectivity index (χ4n) is 2.50. The number of benzene rings is 2. The number of hydrogen-bond acceptors (Lipinski definition) is 3. The summed E-state index contributed by atoms with van der Waals surface area (Å²) in [5.74, 6) is -0.456. The highest BCUT2D eigenvalue weighted by atomic mass is 16.1. The molecular weight excluding hydrogens is 238 g/mol. The van der Waals surface area contributed by atoms with Gasteiger partial charge >= 0.3 is 0 Å². The number of carbonyl (C=O) groups is 1. The Morgan fingerprint density at radius 1 is 1.05 bits per heavy atom. The van der Waals surface area contributed by atoms with Crippen molar-refractivity contribution in [3.8, 4) is 0 Å². The number of nitrogens with two attached hydrogens (primary N) is 2. The lowest BCUT2D eigenvalue weighted by molar-refractivity contribution is 0.100. The summed E-state index contributed by atoms with van der Waals surface area (Å²) in [4.78, 5) is 13.3. The number of nitrogens with zero attached hydrogens (tertiary/aromatic N) is 1. The lowest BCUT2D eigenvalue weighted by Gasteiger charge is -2.20. The average molecular weight is 253 g/mol. The zero-order valence-corrected chi connectivity index (χ0v) is 10.5. The van der Waals surface area contributed by atoms with Crippen LogP contribution in [0.15, 0.2) is 42.5 Å². The molecule has 0 saturated carbocycles. The number of amides is 1. The highest BCUT2D eigenvalue weighted by Crippen LogP contribution is 2.32. The lowest BCUT2D eigenvalue weighted by Crippen LogP contribution is -2.17. The smallest absolute Gasteiger partial charge is 0.248 e. The molecule has 0 radical (unpaired) electrons. The van der Waals surface area contributed by atoms with E-state index in [1.54, 1.807) is 12.1 Å². The molecule has 0 saturated heterocycles. The van der Waals surface area contributed by atoms with Crippen LogP contribution in [0.3, 0.4) is 0 Å². The highest BCUT2D eigenvalue weighted by Gasteiger charge is 2.20. The Labute approximate surface area is 111 Å². The second-order valence-electron chi connectivity index (χ2n) is 4.76. The Hall–Kier alpha value is -2.49. The van der Waals surface area contributed by atoms with Crippen molar-refractivity contribution < 1.29 is 4.79 Å². The van der Waals surface area contributed by atoms with Crippen molar-refractivity contribution >= 4 is 17.3 Å². The second kappa shape index (κ2) is 4.31. The van der Waals surface area contributed by atoms with Crippen LogP contribution in [-0.2, 0) is 13.1 Å².